The minimum absolute atomic E-state index is 0.711. The minimum Gasteiger partial charge on any atom is -0.384 e. The Bertz CT molecular complexity index is 508. The summed E-state index contributed by atoms with van der Waals surface area (Å²) in [5.74, 6) is 0. The van der Waals surface area contributed by atoms with E-state index in [9.17, 15) is 0 Å². The summed E-state index contributed by atoms with van der Waals surface area (Å²) in [7, 11) is 0. The van der Waals surface area contributed by atoms with Gasteiger partial charge in [0.25, 0.3) is 0 Å². The van der Waals surface area contributed by atoms with Gasteiger partial charge in [0, 0.05) is 28.8 Å². The first-order chi connectivity index (χ1) is 7.81. The van der Waals surface area contributed by atoms with Crippen LogP contribution in [0.25, 0.3) is 10.9 Å². The van der Waals surface area contributed by atoms with E-state index < -0.39 is 0 Å². The van der Waals surface area contributed by atoms with Crippen LogP contribution in [0.2, 0.25) is 5.02 Å². The summed E-state index contributed by atoms with van der Waals surface area (Å²) in [5, 5.41) is 5.16. The van der Waals surface area contributed by atoms with Crippen molar-refractivity contribution in [1.82, 2.24) is 4.98 Å². The van der Waals surface area contributed by atoms with Gasteiger partial charge in [0.2, 0.25) is 0 Å². The van der Waals surface area contributed by atoms with Crippen molar-refractivity contribution in [2.24, 2.45) is 0 Å². The summed E-state index contributed by atoms with van der Waals surface area (Å²) in [4.78, 5) is 4.29. The predicted molar refractivity (Wildman–Crippen MR) is 70.1 cm³/mol. The average Bonchev–Trinajstić information content (AvgIpc) is 2.29. The van der Waals surface area contributed by atoms with Gasteiger partial charge in [-0.2, -0.15) is 0 Å². The van der Waals surface area contributed by atoms with Crippen LogP contribution in [0.4, 0.5) is 5.69 Å². The molecule has 16 heavy (non-hydrogen) atoms. The number of rotatable bonds is 4. The highest BCUT2D eigenvalue weighted by Crippen LogP contribution is 2.24. The first-order valence-corrected chi connectivity index (χ1v) is 5.58. The number of anilines is 1. The van der Waals surface area contributed by atoms with Crippen LogP contribution in [0.1, 0.15) is 6.42 Å². The molecule has 0 saturated heterocycles. The number of pyridine rings is 1. The van der Waals surface area contributed by atoms with Crippen LogP contribution in [0.15, 0.2) is 43.1 Å². The second-order valence-corrected chi connectivity index (χ2v) is 3.96. The van der Waals surface area contributed by atoms with Crippen LogP contribution >= 0.6 is 11.6 Å². The third-order valence-electron chi connectivity index (χ3n) is 2.37. The molecule has 0 amide bonds. The molecule has 0 radical (unpaired) electrons. The second kappa shape index (κ2) is 4.99. The highest BCUT2D eigenvalue weighted by atomic mass is 35.5. The van der Waals surface area contributed by atoms with Gasteiger partial charge in [0.1, 0.15) is 0 Å². The molecule has 0 aliphatic rings. The fourth-order valence-corrected chi connectivity index (χ4v) is 1.75. The first-order valence-electron chi connectivity index (χ1n) is 5.20. The quantitative estimate of drug-likeness (QED) is 0.639. The van der Waals surface area contributed by atoms with Crippen LogP contribution in [0.5, 0.6) is 0 Å². The van der Waals surface area contributed by atoms with E-state index in [0.29, 0.717) is 5.02 Å². The Kier molecular flexibility index (Phi) is 3.42. The number of aromatic nitrogens is 1. The lowest BCUT2D eigenvalue weighted by atomic mass is 10.2. The fraction of sp³-hybridized carbons (Fsp3) is 0.154. The third-order valence-corrected chi connectivity index (χ3v) is 2.60. The van der Waals surface area contributed by atoms with Crippen molar-refractivity contribution in [3.05, 3.63) is 48.1 Å². The number of nitrogens with zero attached hydrogens (tertiary/aromatic N) is 1. The van der Waals surface area contributed by atoms with Crippen LogP contribution in [0, 0.1) is 0 Å². The van der Waals surface area contributed by atoms with Crippen LogP contribution in [-0.4, -0.2) is 11.5 Å². The highest BCUT2D eigenvalue weighted by Gasteiger charge is 2.01. The Hall–Kier alpha value is -1.54. The lowest BCUT2D eigenvalue weighted by molar-refractivity contribution is 1.07. The summed E-state index contributed by atoms with van der Waals surface area (Å²) in [6, 6.07) is 7.71. The zero-order valence-electron chi connectivity index (χ0n) is 8.91. The summed E-state index contributed by atoms with van der Waals surface area (Å²) >= 11 is 5.92. The summed E-state index contributed by atoms with van der Waals surface area (Å²) in [5.41, 5.74) is 2.00. The van der Waals surface area contributed by atoms with Crippen molar-refractivity contribution >= 4 is 28.2 Å². The number of hydrogen-bond acceptors (Lipinski definition) is 2. The van der Waals surface area contributed by atoms with E-state index in [1.807, 2.05) is 30.3 Å². The van der Waals surface area contributed by atoms with Gasteiger partial charge in [-0.15, -0.1) is 6.58 Å². The molecule has 1 aromatic heterocycles. The molecule has 1 N–H and O–H groups in total. The topological polar surface area (TPSA) is 24.9 Å². The van der Waals surface area contributed by atoms with Gasteiger partial charge in [-0.3, -0.25) is 4.98 Å². The summed E-state index contributed by atoms with van der Waals surface area (Å²) in [6.07, 6.45) is 4.62. The van der Waals surface area contributed by atoms with Gasteiger partial charge in [0.15, 0.2) is 0 Å². The molecule has 2 nitrogen and oxygen atoms in total. The number of benzene rings is 1. The largest absolute Gasteiger partial charge is 0.384 e. The maximum atomic E-state index is 5.92. The van der Waals surface area contributed by atoms with Crippen LogP contribution in [0.3, 0.4) is 0 Å². The molecule has 0 aliphatic heterocycles. The summed E-state index contributed by atoms with van der Waals surface area (Å²) < 4.78 is 0. The Balaban J connectivity index is 2.34. The van der Waals surface area contributed by atoms with Crippen molar-refractivity contribution in [1.29, 1.82) is 0 Å². The van der Waals surface area contributed by atoms with Crippen molar-refractivity contribution in [3.63, 3.8) is 0 Å². The Morgan fingerprint density at radius 3 is 3.06 bits per heavy atom. The molecule has 0 bridgehead atoms. The van der Waals surface area contributed by atoms with Crippen molar-refractivity contribution in [2.45, 2.75) is 6.42 Å². The normalized spacial score (nSPS) is 10.3. The molecule has 0 atom stereocenters. The summed E-state index contributed by atoms with van der Waals surface area (Å²) in [6.45, 7) is 4.58. The molecule has 0 unspecified atom stereocenters. The van der Waals surface area contributed by atoms with Crippen molar-refractivity contribution in [2.75, 3.05) is 11.9 Å². The second-order valence-electron chi connectivity index (χ2n) is 3.52. The fourth-order valence-electron chi connectivity index (χ4n) is 1.58. The third kappa shape index (κ3) is 2.34. The Morgan fingerprint density at radius 2 is 2.25 bits per heavy atom. The molecule has 1 aromatic carbocycles. The molecule has 0 aliphatic carbocycles. The maximum absolute atomic E-state index is 5.92. The monoisotopic (exact) mass is 232 g/mol. The Labute approximate surface area is 100.0 Å². The number of halogens is 1. The molecular formula is C13H13ClN2. The predicted octanol–water partition coefficient (Wildman–Crippen LogP) is 3.88. The lowest BCUT2D eigenvalue weighted by Gasteiger charge is -2.08. The number of fused-ring (bicyclic) bond motifs is 1. The van der Waals surface area contributed by atoms with E-state index in [1.54, 1.807) is 6.20 Å². The molecular weight excluding hydrogens is 220 g/mol. The maximum Gasteiger partial charge on any atom is 0.0737 e. The van der Waals surface area contributed by atoms with Crippen LogP contribution < -0.4 is 5.32 Å². The molecule has 3 heteroatoms. The van der Waals surface area contributed by atoms with Gasteiger partial charge in [-0.1, -0.05) is 17.7 Å². The van der Waals surface area contributed by atoms with Gasteiger partial charge in [-0.25, -0.2) is 0 Å². The van der Waals surface area contributed by atoms with Crippen molar-refractivity contribution < 1.29 is 0 Å². The zero-order chi connectivity index (χ0) is 11.4. The molecule has 0 spiro atoms. The van der Waals surface area contributed by atoms with E-state index in [0.717, 1.165) is 29.6 Å². The van der Waals surface area contributed by atoms with E-state index in [-0.39, 0.29) is 0 Å². The van der Waals surface area contributed by atoms with E-state index >= 15 is 0 Å². The van der Waals surface area contributed by atoms with Crippen molar-refractivity contribution in [3.8, 4) is 0 Å². The average molecular weight is 233 g/mol. The van der Waals surface area contributed by atoms with Crippen LogP contribution in [-0.2, 0) is 0 Å². The SMILES string of the molecule is C=CCCNc1ccnc2cc(Cl)ccc12. The lowest BCUT2D eigenvalue weighted by Crippen LogP contribution is -2.00. The standard InChI is InChI=1S/C13H13ClN2/c1-2-3-7-15-12-6-8-16-13-9-10(14)4-5-11(12)13/h2,4-6,8-9H,1,3,7H2,(H,15,16). The molecule has 1 heterocycles. The van der Waals surface area contributed by atoms with E-state index in [1.165, 1.54) is 0 Å². The molecule has 82 valence electrons. The smallest absolute Gasteiger partial charge is 0.0737 e. The first kappa shape index (κ1) is 11.0. The number of nitrogens with one attached hydrogen (secondary N) is 1. The van der Waals surface area contributed by atoms with Gasteiger partial charge in [0.05, 0.1) is 5.52 Å². The van der Waals surface area contributed by atoms with Gasteiger partial charge in [-0.05, 0) is 30.7 Å². The molecule has 2 rings (SSSR count). The zero-order valence-corrected chi connectivity index (χ0v) is 9.67. The van der Waals surface area contributed by atoms with E-state index in [2.05, 4.69) is 16.9 Å². The molecule has 0 saturated carbocycles. The number of hydrogen-bond donors (Lipinski definition) is 1. The highest BCUT2D eigenvalue weighted by molar-refractivity contribution is 6.31. The molecule has 2 aromatic rings. The minimum atomic E-state index is 0.711. The van der Waals surface area contributed by atoms with Gasteiger partial charge < -0.3 is 5.32 Å². The Morgan fingerprint density at radius 1 is 1.38 bits per heavy atom. The van der Waals surface area contributed by atoms with Gasteiger partial charge >= 0.3 is 0 Å². The van der Waals surface area contributed by atoms with E-state index in [4.69, 9.17) is 11.6 Å². The molecule has 0 fully saturated rings.